The van der Waals surface area contributed by atoms with Crippen LogP contribution in [-0.4, -0.2) is 9.55 Å². The number of aromatic nitrogens is 2. The summed E-state index contributed by atoms with van der Waals surface area (Å²) in [5.41, 5.74) is 2.56. The number of hydrogen-bond acceptors (Lipinski definition) is 4. The van der Waals surface area contributed by atoms with E-state index in [4.69, 9.17) is 16.9 Å². The minimum Gasteiger partial charge on any atom is -0.336 e. The van der Waals surface area contributed by atoms with E-state index in [2.05, 4.69) is 16.4 Å². The maximum Gasteiger partial charge on any atom is 0.294 e. The first kappa shape index (κ1) is 16.7. The number of nitrogens with zero attached hydrogens (tertiary/aromatic N) is 3. The molecule has 1 aromatic heterocycles. The van der Waals surface area contributed by atoms with Crippen LogP contribution in [0.25, 0.3) is 0 Å². The molecule has 3 aromatic rings. The average molecular weight is 351 g/mol. The molecule has 5 nitrogen and oxygen atoms in total. The predicted octanol–water partition coefficient (Wildman–Crippen LogP) is 3.87. The van der Waals surface area contributed by atoms with Crippen molar-refractivity contribution in [1.82, 2.24) is 9.55 Å². The van der Waals surface area contributed by atoms with Crippen LogP contribution in [0.5, 0.6) is 0 Å². The van der Waals surface area contributed by atoms with Gasteiger partial charge in [-0.15, -0.1) is 0 Å². The van der Waals surface area contributed by atoms with Gasteiger partial charge in [-0.05, 0) is 36.8 Å². The molecule has 0 bridgehead atoms. The molecule has 0 amide bonds. The molecule has 0 atom stereocenters. The Labute approximate surface area is 150 Å². The van der Waals surface area contributed by atoms with Crippen LogP contribution < -0.4 is 10.9 Å². The Morgan fingerprint density at radius 3 is 2.48 bits per heavy atom. The number of nitrogens with one attached hydrogen (secondary N) is 1. The SMILES string of the molecule is Cc1c(Cl)nc(Nc2ccc(C#N)cc2)c(=O)n1Cc1ccccc1. The topological polar surface area (TPSA) is 70.7 Å². The van der Waals surface area contributed by atoms with Crippen LogP contribution in [-0.2, 0) is 6.54 Å². The number of nitriles is 1. The predicted molar refractivity (Wildman–Crippen MR) is 98.2 cm³/mol. The Hall–Kier alpha value is -3.10. The molecule has 124 valence electrons. The Morgan fingerprint density at radius 2 is 1.84 bits per heavy atom. The van der Waals surface area contributed by atoms with Gasteiger partial charge in [0.25, 0.3) is 5.56 Å². The molecule has 3 rings (SSSR count). The molecule has 0 aliphatic heterocycles. The van der Waals surface area contributed by atoms with Gasteiger partial charge in [0.05, 0.1) is 23.9 Å². The maximum absolute atomic E-state index is 12.8. The second-order valence-corrected chi connectivity index (χ2v) is 5.89. The zero-order chi connectivity index (χ0) is 17.8. The van der Waals surface area contributed by atoms with Gasteiger partial charge < -0.3 is 9.88 Å². The summed E-state index contributed by atoms with van der Waals surface area (Å²) in [4.78, 5) is 17.0. The first-order valence-corrected chi connectivity index (χ1v) is 8.04. The van der Waals surface area contributed by atoms with Crippen molar-refractivity contribution in [2.45, 2.75) is 13.5 Å². The summed E-state index contributed by atoms with van der Waals surface area (Å²) in [6.07, 6.45) is 0. The fourth-order valence-electron chi connectivity index (χ4n) is 2.42. The zero-order valence-corrected chi connectivity index (χ0v) is 14.3. The summed E-state index contributed by atoms with van der Waals surface area (Å²) in [6, 6.07) is 18.5. The molecular formula is C19H15ClN4O. The molecule has 0 aliphatic rings. The largest absolute Gasteiger partial charge is 0.336 e. The van der Waals surface area contributed by atoms with Crippen LogP contribution in [0.15, 0.2) is 59.4 Å². The van der Waals surface area contributed by atoms with Crippen molar-refractivity contribution in [3.8, 4) is 6.07 Å². The van der Waals surface area contributed by atoms with Gasteiger partial charge in [0.1, 0.15) is 0 Å². The molecule has 0 saturated heterocycles. The van der Waals surface area contributed by atoms with Gasteiger partial charge in [-0.25, -0.2) is 4.98 Å². The van der Waals surface area contributed by atoms with Crippen LogP contribution in [0.1, 0.15) is 16.8 Å². The summed E-state index contributed by atoms with van der Waals surface area (Å²) in [5.74, 6) is 0.149. The number of hydrogen-bond donors (Lipinski definition) is 1. The molecule has 0 fully saturated rings. The second-order valence-electron chi connectivity index (χ2n) is 5.53. The first-order valence-electron chi connectivity index (χ1n) is 7.66. The first-order chi connectivity index (χ1) is 12.1. The highest BCUT2D eigenvalue weighted by molar-refractivity contribution is 6.30. The van der Waals surface area contributed by atoms with Crippen molar-refractivity contribution in [3.63, 3.8) is 0 Å². The van der Waals surface area contributed by atoms with E-state index in [-0.39, 0.29) is 16.5 Å². The molecule has 0 saturated carbocycles. The Bertz CT molecular complexity index is 989. The quantitative estimate of drug-likeness (QED) is 0.775. The average Bonchev–Trinajstić information content (AvgIpc) is 2.64. The van der Waals surface area contributed by atoms with Gasteiger partial charge in [0, 0.05) is 5.69 Å². The highest BCUT2D eigenvalue weighted by Gasteiger charge is 2.13. The van der Waals surface area contributed by atoms with E-state index in [0.29, 0.717) is 23.5 Å². The third-order valence-electron chi connectivity index (χ3n) is 3.82. The van der Waals surface area contributed by atoms with Crippen LogP contribution >= 0.6 is 11.6 Å². The van der Waals surface area contributed by atoms with Crippen molar-refractivity contribution in [2.75, 3.05) is 5.32 Å². The smallest absolute Gasteiger partial charge is 0.294 e. The van der Waals surface area contributed by atoms with E-state index in [9.17, 15) is 4.79 Å². The van der Waals surface area contributed by atoms with Crippen LogP contribution in [0.2, 0.25) is 5.15 Å². The third-order valence-corrected chi connectivity index (χ3v) is 4.18. The fraction of sp³-hybridized carbons (Fsp3) is 0.105. The summed E-state index contributed by atoms with van der Waals surface area (Å²) in [5, 5.41) is 12.1. The van der Waals surface area contributed by atoms with E-state index in [1.807, 2.05) is 30.3 Å². The minimum absolute atomic E-state index is 0.149. The lowest BCUT2D eigenvalue weighted by atomic mass is 10.2. The van der Waals surface area contributed by atoms with Gasteiger partial charge >= 0.3 is 0 Å². The van der Waals surface area contributed by atoms with Gasteiger partial charge in [0.2, 0.25) is 0 Å². The molecule has 0 unspecified atom stereocenters. The van der Waals surface area contributed by atoms with E-state index in [1.165, 1.54) is 0 Å². The number of rotatable bonds is 4. The Balaban J connectivity index is 1.97. The number of anilines is 2. The van der Waals surface area contributed by atoms with E-state index < -0.39 is 0 Å². The molecule has 25 heavy (non-hydrogen) atoms. The lowest BCUT2D eigenvalue weighted by Gasteiger charge is -2.14. The monoisotopic (exact) mass is 350 g/mol. The summed E-state index contributed by atoms with van der Waals surface area (Å²) < 4.78 is 1.59. The number of halogens is 1. The Morgan fingerprint density at radius 1 is 1.16 bits per heavy atom. The lowest BCUT2D eigenvalue weighted by Crippen LogP contribution is -2.26. The molecule has 1 heterocycles. The van der Waals surface area contributed by atoms with Gasteiger partial charge in [-0.1, -0.05) is 41.9 Å². The van der Waals surface area contributed by atoms with Gasteiger partial charge in [-0.3, -0.25) is 4.79 Å². The van der Waals surface area contributed by atoms with E-state index >= 15 is 0 Å². The zero-order valence-electron chi connectivity index (χ0n) is 13.5. The van der Waals surface area contributed by atoms with E-state index in [1.54, 1.807) is 35.8 Å². The number of benzene rings is 2. The minimum atomic E-state index is -0.255. The summed E-state index contributed by atoms with van der Waals surface area (Å²) in [7, 11) is 0. The van der Waals surface area contributed by atoms with Crippen molar-refractivity contribution in [3.05, 3.63) is 86.9 Å². The standard InChI is InChI=1S/C19H15ClN4O/c1-13-17(20)23-18(22-16-9-7-14(11-21)8-10-16)19(25)24(13)12-15-5-3-2-4-6-15/h2-10H,12H2,1H3,(H,22,23). The molecular weight excluding hydrogens is 336 g/mol. The van der Waals surface area contributed by atoms with Crippen molar-refractivity contribution >= 4 is 23.1 Å². The van der Waals surface area contributed by atoms with Gasteiger partial charge in [0.15, 0.2) is 11.0 Å². The molecule has 0 aliphatic carbocycles. The highest BCUT2D eigenvalue weighted by atomic mass is 35.5. The van der Waals surface area contributed by atoms with Crippen LogP contribution in [0.3, 0.4) is 0 Å². The normalized spacial score (nSPS) is 10.3. The fourth-order valence-corrected chi connectivity index (χ4v) is 2.61. The van der Waals surface area contributed by atoms with Crippen LogP contribution in [0.4, 0.5) is 11.5 Å². The van der Waals surface area contributed by atoms with E-state index in [0.717, 1.165) is 5.56 Å². The maximum atomic E-state index is 12.8. The molecule has 2 aromatic carbocycles. The Kier molecular flexibility index (Phi) is 4.82. The second kappa shape index (κ2) is 7.20. The van der Waals surface area contributed by atoms with Crippen LogP contribution in [0, 0.1) is 18.3 Å². The summed E-state index contributed by atoms with van der Waals surface area (Å²) >= 11 is 6.22. The molecule has 1 N–H and O–H groups in total. The lowest BCUT2D eigenvalue weighted by molar-refractivity contribution is 0.721. The van der Waals surface area contributed by atoms with Crippen molar-refractivity contribution in [1.29, 1.82) is 5.26 Å². The third kappa shape index (κ3) is 3.70. The highest BCUT2D eigenvalue weighted by Crippen LogP contribution is 2.17. The van der Waals surface area contributed by atoms with Crippen molar-refractivity contribution < 1.29 is 0 Å². The summed E-state index contributed by atoms with van der Waals surface area (Å²) in [6.45, 7) is 2.18. The van der Waals surface area contributed by atoms with Gasteiger partial charge in [-0.2, -0.15) is 5.26 Å². The molecule has 0 spiro atoms. The molecule has 0 radical (unpaired) electrons. The van der Waals surface area contributed by atoms with Crippen molar-refractivity contribution in [2.24, 2.45) is 0 Å². The molecule has 6 heteroatoms.